The SMILES string of the molecule is C=C(C(O)C(C)C(=O)CC)C1C2OC2C(C)=CC1(C)c1oc(OC)c(C)c(=O)c1C. The number of hydrogen-bond donors (Lipinski definition) is 1. The number of fused-ring (bicyclic) bond motifs is 1. The van der Waals surface area contributed by atoms with E-state index in [1.54, 1.807) is 27.7 Å². The van der Waals surface area contributed by atoms with Crippen LogP contribution in [0.4, 0.5) is 0 Å². The van der Waals surface area contributed by atoms with Crippen LogP contribution in [0.3, 0.4) is 0 Å². The van der Waals surface area contributed by atoms with Crippen molar-refractivity contribution in [2.45, 2.75) is 71.7 Å². The van der Waals surface area contributed by atoms with Gasteiger partial charge in [0.25, 0.3) is 5.95 Å². The molecule has 1 aliphatic heterocycles. The van der Waals surface area contributed by atoms with Crippen LogP contribution in [0.25, 0.3) is 0 Å². The molecule has 2 aliphatic rings. The molecule has 30 heavy (non-hydrogen) atoms. The van der Waals surface area contributed by atoms with Crippen molar-refractivity contribution in [2.75, 3.05) is 7.11 Å². The summed E-state index contributed by atoms with van der Waals surface area (Å²) >= 11 is 0. The van der Waals surface area contributed by atoms with E-state index in [1.807, 2.05) is 19.9 Å². The Morgan fingerprint density at radius 3 is 2.53 bits per heavy atom. The minimum Gasteiger partial charge on any atom is -0.468 e. The minimum absolute atomic E-state index is 0.0270. The van der Waals surface area contributed by atoms with Gasteiger partial charge < -0.3 is 19.0 Å². The Kier molecular flexibility index (Phi) is 5.87. The number of hydrogen-bond acceptors (Lipinski definition) is 6. The average Bonchev–Trinajstić information content (AvgIpc) is 3.51. The third-order valence-electron chi connectivity index (χ3n) is 6.78. The second kappa shape index (κ2) is 7.82. The lowest BCUT2D eigenvalue weighted by Crippen LogP contribution is -2.44. The van der Waals surface area contributed by atoms with Crippen LogP contribution in [-0.4, -0.2) is 36.3 Å². The van der Waals surface area contributed by atoms with Crippen LogP contribution in [0.1, 0.15) is 51.0 Å². The molecule has 0 aromatic carbocycles. The van der Waals surface area contributed by atoms with Gasteiger partial charge in [0.2, 0.25) is 0 Å². The maximum Gasteiger partial charge on any atom is 0.291 e. The molecule has 6 heteroatoms. The standard InChI is InChI=1S/C24H32O6/c1-9-16(25)12(3)18(26)13(4)17-21-20(29-21)11(2)10-24(17,7)22-14(5)19(27)15(6)23(28-8)30-22/h10,12,17-18,20-21,26H,4,9H2,1-3,5-8H3. The van der Waals surface area contributed by atoms with Gasteiger partial charge in [-0.1, -0.05) is 26.5 Å². The van der Waals surface area contributed by atoms with E-state index in [0.717, 1.165) is 5.57 Å². The van der Waals surface area contributed by atoms with Crippen molar-refractivity contribution in [2.24, 2.45) is 11.8 Å². The Labute approximate surface area is 177 Å². The predicted octanol–water partition coefficient (Wildman–Crippen LogP) is 3.40. The molecule has 1 aromatic heterocycles. The van der Waals surface area contributed by atoms with Gasteiger partial charge in [0.1, 0.15) is 17.6 Å². The zero-order valence-electron chi connectivity index (χ0n) is 18.9. The molecule has 0 radical (unpaired) electrons. The molecule has 3 rings (SSSR count). The zero-order chi connectivity index (χ0) is 22.5. The van der Waals surface area contributed by atoms with Gasteiger partial charge in [-0.25, -0.2) is 0 Å². The predicted molar refractivity (Wildman–Crippen MR) is 114 cm³/mol. The van der Waals surface area contributed by atoms with Gasteiger partial charge in [-0.2, -0.15) is 0 Å². The Morgan fingerprint density at radius 1 is 1.33 bits per heavy atom. The Hall–Kier alpha value is -2.18. The molecule has 2 heterocycles. The van der Waals surface area contributed by atoms with Crippen molar-refractivity contribution in [1.82, 2.24) is 0 Å². The van der Waals surface area contributed by atoms with E-state index < -0.39 is 17.4 Å². The van der Waals surface area contributed by atoms with E-state index in [9.17, 15) is 14.7 Å². The largest absolute Gasteiger partial charge is 0.468 e. The van der Waals surface area contributed by atoms with Gasteiger partial charge in [0.15, 0.2) is 5.43 Å². The molecule has 0 saturated carbocycles. The van der Waals surface area contributed by atoms with Gasteiger partial charge in [0, 0.05) is 23.8 Å². The first kappa shape index (κ1) is 22.5. The number of aliphatic hydroxyl groups excluding tert-OH is 1. The molecule has 164 valence electrons. The van der Waals surface area contributed by atoms with Crippen LogP contribution in [0.5, 0.6) is 5.95 Å². The third-order valence-corrected chi connectivity index (χ3v) is 6.78. The highest BCUT2D eigenvalue weighted by Crippen LogP contribution is 2.54. The summed E-state index contributed by atoms with van der Waals surface area (Å²) in [6.07, 6.45) is 1.12. The summed E-state index contributed by atoms with van der Waals surface area (Å²) in [7, 11) is 1.47. The van der Waals surface area contributed by atoms with Crippen LogP contribution in [0.15, 0.2) is 33.0 Å². The minimum atomic E-state index is -1.02. The summed E-state index contributed by atoms with van der Waals surface area (Å²) < 4.78 is 17.3. The number of Topliss-reactive ketones (excluding diaryl/α,β-unsaturated/α-hetero) is 1. The Morgan fingerprint density at radius 2 is 1.97 bits per heavy atom. The average molecular weight is 417 g/mol. The lowest BCUT2D eigenvalue weighted by molar-refractivity contribution is -0.124. The van der Waals surface area contributed by atoms with Gasteiger partial charge in [0.05, 0.1) is 30.3 Å². The first-order valence-corrected chi connectivity index (χ1v) is 10.4. The van der Waals surface area contributed by atoms with Crippen molar-refractivity contribution in [3.8, 4) is 5.95 Å². The lowest BCUT2D eigenvalue weighted by atomic mass is 9.63. The Balaban J connectivity index is 2.15. The highest BCUT2D eigenvalue weighted by molar-refractivity contribution is 5.81. The molecule has 6 nitrogen and oxygen atoms in total. The number of carbonyl (C=O) groups is 1. The van der Waals surface area contributed by atoms with Crippen molar-refractivity contribution in [3.05, 3.63) is 50.9 Å². The number of ketones is 1. The first-order chi connectivity index (χ1) is 14.0. The normalized spacial score (nSPS) is 29.5. The number of ether oxygens (including phenoxy) is 2. The van der Waals surface area contributed by atoms with Crippen molar-refractivity contribution in [3.63, 3.8) is 0 Å². The summed E-state index contributed by atoms with van der Waals surface area (Å²) in [5.41, 5.74) is 1.53. The monoisotopic (exact) mass is 416 g/mol. The maximum atomic E-state index is 12.9. The summed E-state index contributed by atoms with van der Waals surface area (Å²) in [6, 6.07) is 0. The number of methoxy groups -OCH3 is 1. The van der Waals surface area contributed by atoms with E-state index in [2.05, 4.69) is 6.58 Å². The van der Waals surface area contributed by atoms with E-state index in [4.69, 9.17) is 13.9 Å². The fourth-order valence-electron chi connectivity index (χ4n) is 4.97. The maximum absolute atomic E-state index is 12.9. The molecule has 1 N–H and O–H groups in total. The fourth-order valence-corrected chi connectivity index (χ4v) is 4.97. The Bertz CT molecular complexity index is 971. The fraction of sp³-hybridized carbons (Fsp3) is 0.583. The number of allylic oxidation sites excluding steroid dienone is 1. The zero-order valence-corrected chi connectivity index (χ0v) is 18.9. The van der Waals surface area contributed by atoms with Gasteiger partial charge in [-0.05, 0) is 38.8 Å². The number of epoxide rings is 1. The van der Waals surface area contributed by atoms with Crippen molar-refractivity contribution >= 4 is 5.78 Å². The summed E-state index contributed by atoms with van der Waals surface area (Å²) in [4.78, 5) is 25.1. The molecule has 1 saturated heterocycles. The summed E-state index contributed by atoms with van der Waals surface area (Å²) in [5.74, 6) is -0.317. The van der Waals surface area contributed by atoms with Crippen molar-refractivity contribution in [1.29, 1.82) is 0 Å². The highest BCUT2D eigenvalue weighted by atomic mass is 16.6. The van der Waals surface area contributed by atoms with Gasteiger partial charge in [-0.3, -0.25) is 9.59 Å². The van der Waals surface area contributed by atoms with Gasteiger partial charge in [-0.15, -0.1) is 0 Å². The summed E-state index contributed by atoms with van der Waals surface area (Å²) in [5, 5.41) is 11.0. The van der Waals surface area contributed by atoms with Crippen LogP contribution in [0.2, 0.25) is 0 Å². The van der Waals surface area contributed by atoms with Crippen molar-refractivity contribution < 1.29 is 23.8 Å². The molecular formula is C24H32O6. The lowest BCUT2D eigenvalue weighted by Gasteiger charge is -2.40. The molecule has 6 atom stereocenters. The third kappa shape index (κ3) is 3.36. The molecule has 0 spiro atoms. The summed E-state index contributed by atoms with van der Waals surface area (Å²) in [6.45, 7) is 15.0. The number of aliphatic hydroxyl groups is 1. The van der Waals surface area contributed by atoms with E-state index in [1.165, 1.54) is 7.11 Å². The first-order valence-electron chi connectivity index (χ1n) is 10.4. The number of rotatable bonds is 7. The topological polar surface area (TPSA) is 89.3 Å². The molecule has 1 aromatic rings. The van der Waals surface area contributed by atoms with Gasteiger partial charge >= 0.3 is 0 Å². The number of carbonyl (C=O) groups excluding carboxylic acids is 1. The molecule has 6 unspecified atom stereocenters. The van der Waals surface area contributed by atoms with Crippen LogP contribution < -0.4 is 10.2 Å². The van der Waals surface area contributed by atoms with E-state index in [-0.39, 0.29) is 35.3 Å². The van der Waals surface area contributed by atoms with Crippen LogP contribution in [0, 0.1) is 25.7 Å². The second-order valence-electron chi connectivity index (χ2n) is 8.80. The van der Waals surface area contributed by atoms with Crippen LogP contribution in [-0.2, 0) is 14.9 Å². The molecular weight excluding hydrogens is 384 g/mol. The van der Waals surface area contributed by atoms with Crippen LogP contribution >= 0.6 is 0 Å². The highest BCUT2D eigenvalue weighted by Gasteiger charge is 2.59. The molecule has 0 amide bonds. The quantitative estimate of drug-likeness (QED) is 0.541. The molecule has 1 aliphatic carbocycles. The second-order valence-corrected chi connectivity index (χ2v) is 8.80. The smallest absolute Gasteiger partial charge is 0.291 e. The molecule has 1 fully saturated rings. The van der Waals surface area contributed by atoms with E-state index in [0.29, 0.717) is 28.9 Å². The molecule has 0 bridgehead atoms. The van der Waals surface area contributed by atoms with E-state index >= 15 is 0 Å².